The largest absolute Gasteiger partial charge is 0.323 e. The molecule has 0 saturated carbocycles. The lowest BCUT2D eigenvalue weighted by atomic mass is 9.93. The second-order valence-electron chi connectivity index (χ2n) is 3.16. The van der Waals surface area contributed by atoms with Gasteiger partial charge in [-0.05, 0) is 20.1 Å². The van der Waals surface area contributed by atoms with Gasteiger partial charge in [0, 0.05) is 10.8 Å². The number of allylic oxidation sites excluding steroid dienone is 2. The van der Waals surface area contributed by atoms with E-state index >= 15 is 0 Å². The van der Waals surface area contributed by atoms with Crippen molar-refractivity contribution in [2.45, 2.75) is 24.6 Å². The summed E-state index contributed by atoms with van der Waals surface area (Å²) in [6.45, 7) is 4.28. The molecule has 0 heterocycles. The first-order valence-corrected chi connectivity index (χ1v) is 4.99. The van der Waals surface area contributed by atoms with E-state index in [0.717, 1.165) is 0 Å². The average molecular weight is 169 g/mol. The quantitative estimate of drug-likeness (QED) is 0.649. The molecule has 0 fully saturated rings. The fourth-order valence-corrected chi connectivity index (χ4v) is 1.89. The van der Waals surface area contributed by atoms with Crippen LogP contribution >= 0.6 is 11.8 Å². The van der Waals surface area contributed by atoms with Crippen molar-refractivity contribution in [3.63, 3.8) is 0 Å². The minimum Gasteiger partial charge on any atom is -0.323 e. The van der Waals surface area contributed by atoms with E-state index in [-0.39, 0.29) is 10.8 Å². The van der Waals surface area contributed by atoms with Crippen LogP contribution in [0.3, 0.4) is 0 Å². The fraction of sp³-hybridized carbons (Fsp3) is 0.556. The van der Waals surface area contributed by atoms with E-state index < -0.39 is 0 Å². The summed E-state index contributed by atoms with van der Waals surface area (Å²) in [6.07, 6.45) is 8.50. The van der Waals surface area contributed by atoms with Crippen molar-refractivity contribution in [3.05, 3.63) is 23.8 Å². The Morgan fingerprint density at radius 2 is 2.27 bits per heavy atom. The van der Waals surface area contributed by atoms with Gasteiger partial charge in [0.1, 0.15) is 0 Å². The van der Waals surface area contributed by atoms with Gasteiger partial charge in [-0.2, -0.15) is 11.8 Å². The van der Waals surface area contributed by atoms with E-state index in [2.05, 4.69) is 38.3 Å². The molecule has 0 spiro atoms. The normalized spacial score (nSPS) is 37.1. The SMILES string of the molecule is CSC1(C)C=C(C)C=CC1N. The van der Waals surface area contributed by atoms with E-state index in [1.54, 1.807) is 0 Å². The molecular weight excluding hydrogens is 154 g/mol. The zero-order valence-corrected chi connectivity index (χ0v) is 8.11. The highest BCUT2D eigenvalue weighted by Crippen LogP contribution is 2.31. The predicted octanol–water partition coefficient (Wildman–Crippen LogP) is 1.95. The molecule has 0 aliphatic heterocycles. The van der Waals surface area contributed by atoms with E-state index in [1.807, 2.05) is 11.8 Å². The molecule has 2 N–H and O–H groups in total. The van der Waals surface area contributed by atoms with Gasteiger partial charge in [0.15, 0.2) is 0 Å². The predicted molar refractivity (Wildman–Crippen MR) is 52.8 cm³/mol. The van der Waals surface area contributed by atoms with Gasteiger partial charge in [0.25, 0.3) is 0 Å². The summed E-state index contributed by atoms with van der Waals surface area (Å²) in [7, 11) is 0. The van der Waals surface area contributed by atoms with E-state index in [9.17, 15) is 0 Å². The van der Waals surface area contributed by atoms with Crippen molar-refractivity contribution < 1.29 is 0 Å². The molecule has 0 saturated heterocycles. The number of rotatable bonds is 1. The lowest BCUT2D eigenvalue weighted by Crippen LogP contribution is -2.41. The Labute approximate surface area is 72.7 Å². The maximum absolute atomic E-state index is 5.93. The van der Waals surface area contributed by atoms with Crippen molar-refractivity contribution >= 4 is 11.8 Å². The number of thioether (sulfide) groups is 1. The summed E-state index contributed by atoms with van der Waals surface area (Å²) in [4.78, 5) is 0. The van der Waals surface area contributed by atoms with Gasteiger partial charge in [-0.15, -0.1) is 0 Å². The van der Waals surface area contributed by atoms with Crippen LogP contribution in [0.4, 0.5) is 0 Å². The van der Waals surface area contributed by atoms with Gasteiger partial charge in [-0.3, -0.25) is 0 Å². The Morgan fingerprint density at radius 3 is 2.73 bits per heavy atom. The molecular formula is C9H15NS. The third kappa shape index (κ3) is 1.68. The van der Waals surface area contributed by atoms with Crippen LogP contribution in [0.15, 0.2) is 23.8 Å². The van der Waals surface area contributed by atoms with Gasteiger partial charge in [-0.1, -0.05) is 23.8 Å². The van der Waals surface area contributed by atoms with Crippen LogP contribution in [0.1, 0.15) is 13.8 Å². The van der Waals surface area contributed by atoms with E-state index in [4.69, 9.17) is 5.73 Å². The molecule has 2 unspecified atom stereocenters. The first-order chi connectivity index (χ1) is 5.08. The minimum absolute atomic E-state index is 0.0961. The standard InChI is InChI=1S/C9H15NS/c1-7-4-5-8(10)9(2,6-7)11-3/h4-6,8H,10H2,1-3H3. The molecule has 11 heavy (non-hydrogen) atoms. The average Bonchev–Trinajstić information content (AvgIpc) is 1.98. The molecule has 1 aliphatic carbocycles. The van der Waals surface area contributed by atoms with Crippen LogP contribution in [0.5, 0.6) is 0 Å². The van der Waals surface area contributed by atoms with E-state index in [0.29, 0.717) is 0 Å². The third-order valence-electron chi connectivity index (χ3n) is 2.18. The summed E-state index contributed by atoms with van der Waals surface area (Å²) in [5.74, 6) is 0. The molecule has 1 nitrogen and oxygen atoms in total. The van der Waals surface area contributed by atoms with Crippen molar-refractivity contribution in [1.82, 2.24) is 0 Å². The van der Waals surface area contributed by atoms with Crippen LogP contribution < -0.4 is 5.73 Å². The minimum atomic E-state index is 0.0961. The summed E-state index contributed by atoms with van der Waals surface area (Å²) in [6, 6.07) is 0.154. The highest BCUT2D eigenvalue weighted by molar-refractivity contribution is 8.00. The molecule has 0 aromatic carbocycles. The van der Waals surface area contributed by atoms with Crippen molar-refractivity contribution in [1.29, 1.82) is 0 Å². The van der Waals surface area contributed by atoms with Crippen LogP contribution in [-0.2, 0) is 0 Å². The molecule has 1 rings (SSSR count). The summed E-state index contributed by atoms with van der Waals surface area (Å²) in [5.41, 5.74) is 7.24. The highest BCUT2D eigenvalue weighted by atomic mass is 32.2. The Bertz CT molecular complexity index is 208. The van der Waals surface area contributed by atoms with Gasteiger partial charge >= 0.3 is 0 Å². The molecule has 0 radical (unpaired) electrons. The van der Waals surface area contributed by atoms with Crippen molar-refractivity contribution in [2.75, 3.05) is 6.26 Å². The molecule has 0 aromatic heterocycles. The smallest absolute Gasteiger partial charge is 0.0500 e. The Hall–Kier alpha value is -0.210. The van der Waals surface area contributed by atoms with Gasteiger partial charge in [0.2, 0.25) is 0 Å². The first-order valence-electron chi connectivity index (χ1n) is 3.77. The number of hydrogen-bond acceptors (Lipinski definition) is 2. The lowest BCUT2D eigenvalue weighted by Gasteiger charge is -2.31. The summed E-state index contributed by atoms with van der Waals surface area (Å²) < 4.78 is 0.0961. The second-order valence-corrected chi connectivity index (χ2v) is 4.45. The van der Waals surface area contributed by atoms with Crippen LogP contribution in [0.25, 0.3) is 0 Å². The van der Waals surface area contributed by atoms with Crippen molar-refractivity contribution in [3.8, 4) is 0 Å². The monoisotopic (exact) mass is 169 g/mol. The van der Waals surface area contributed by atoms with Crippen LogP contribution in [0.2, 0.25) is 0 Å². The van der Waals surface area contributed by atoms with Gasteiger partial charge in [-0.25, -0.2) is 0 Å². The third-order valence-corrected chi connectivity index (χ3v) is 3.45. The molecule has 0 amide bonds. The molecule has 2 atom stereocenters. The summed E-state index contributed by atoms with van der Waals surface area (Å²) >= 11 is 1.81. The topological polar surface area (TPSA) is 26.0 Å². The Kier molecular flexibility index (Phi) is 2.45. The molecule has 0 aromatic rings. The summed E-state index contributed by atoms with van der Waals surface area (Å²) in [5, 5.41) is 0. The van der Waals surface area contributed by atoms with Crippen molar-refractivity contribution in [2.24, 2.45) is 5.73 Å². The molecule has 2 heteroatoms. The van der Waals surface area contributed by atoms with Gasteiger partial charge in [0.05, 0.1) is 0 Å². The molecule has 0 bridgehead atoms. The molecule has 62 valence electrons. The zero-order valence-electron chi connectivity index (χ0n) is 7.29. The van der Waals surface area contributed by atoms with Gasteiger partial charge < -0.3 is 5.73 Å². The maximum Gasteiger partial charge on any atom is 0.0500 e. The van der Waals surface area contributed by atoms with Crippen LogP contribution in [0, 0.1) is 0 Å². The van der Waals surface area contributed by atoms with E-state index in [1.165, 1.54) is 5.57 Å². The Morgan fingerprint density at radius 1 is 1.64 bits per heavy atom. The second kappa shape index (κ2) is 3.03. The molecule has 1 aliphatic rings. The zero-order chi connectivity index (χ0) is 8.48. The Balaban J connectivity index is 2.89. The lowest BCUT2D eigenvalue weighted by molar-refractivity contribution is 0.670. The first kappa shape index (κ1) is 8.88. The maximum atomic E-state index is 5.93. The number of nitrogens with two attached hydrogens (primary N) is 1. The van der Waals surface area contributed by atoms with Crippen LogP contribution in [-0.4, -0.2) is 17.0 Å². The number of hydrogen-bond donors (Lipinski definition) is 1. The highest BCUT2D eigenvalue weighted by Gasteiger charge is 2.28. The fourth-order valence-electron chi connectivity index (χ4n) is 1.24.